The number of halogens is 1. The average molecular weight is 1770 g/mol. The first-order valence-corrected chi connectivity index (χ1v) is 40.6. The van der Waals surface area contributed by atoms with Crippen LogP contribution in [-0.2, 0) is 148 Å². The third kappa shape index (κ3) is 43.2. The predicted molar refractivity (Wildman–Crippen MR) is 428 cm³/mol. The Balaban J connectivity index is 0. The van der Waals surface area contributed by atoms with Crippen molar-refractivity contribution in [3.05, 3.63) is 26.4 Å². The van der Waals surface area contributed by atoms with E-state index in [1.807, 2.05) is 48.5 Å². The molecule has 6 saturated heterocycles. The number of Topliss-reactive ketones (excluding diaryl/α,β-unsaturated/α-hetero) is 4. The molecule has 0 aromatic heterocycles. The topological polar surface area (TPSA) is 565 Å². The number of nitrogens with two attached hydrogens (primary N) is 1. The maximum atomic E-state index is 12.4. The van der Waals surface area contributed by atoms with Gasteiger partial charge in [-0.3, -0.25) is 81.6 Å². The van der Waals surface area contributed by atoms with Gasteiger partial charge in [0.15, 0.2) is 11.6 Å². The van der Waals surface area contributed by atoms with Gasteiger partial charge in [0.1, 0.15) is 99.2 Å². The number of hydrogen-bond acceptors (Lipinski definition) is 33. The minimum Gasteiger partial charge on any atom is -0.481 e. The van der Waals surface area contributed by atoms with Gasteiger partial charge in [0.2, 0.25) is 6.10 Å². The summed E-state index contributed by atoms with van der Waals surface area (Å²) in [7, 11) is 0. The number of nitrogens with zero attached hydrogens (tertiary/aromatic N) is 6. The molecule has 25 atom stereocenters. The van der Waals surface area contributed by atoms with Crippen molar-refractivity contribution < 1.29 is 182 Å². The molecule has 1 saturated carbocycles. The van der Waals surface area contributed by atoms with E-state index in [0.717, 1.165) is 0 Å². The van der Waals surface area contributed by atoms with Crippen molar-refractivity contribution >= 4 is 106 Å². The van der Waals surface area contributed by atoms with Gasteiger partial charge in [-0.1, -0.05) is 107 Å². The first-order chi connectivity index (χ1) is 56.0. The van der Waals surface area contributed by atoms with Crippen LogP contribution in [0, 0.1) is 71.0 Å². The number of aliphatic carboxylic acids is 1. The monoisotopic (exact) mass is 1770 g/mol. The summed E-state index contributed by atoms with van der Waals surface area (Å²) in [5, 5.41) is 12.2. The van der Waals surface area contributed by atoms with Crippen LogP contribution < -0.4 is 35.3 Å². The van der Waals surface area contributed by atoms with Crippen molar-refractivity contribution in [3.8, 4) is 0 Å². The molecular weight excluding hydrogens is 1640 g/mol. The zero-order chi connectivity index (χ0) is 91.7. The van der Waals surface area contributed by atoms with Gasteiger partial charge in [-0.15, -0.1) is 0 Å². The maximum Gasteiger partial charge on any atom is 1.00 e. The molecule has 7 fully saturated rings. The third-order valence-electron chi connectivity index (χ3n) is 22.1. The molecule has 1 aliphatic carbocycles. The van der Waals surface area contributed by atoms with Crippen LogP contribution in [0.2, 0.25) is 0 Å². The SMILES string of the molecule is C.CC(=O)OCC1OC(CC(=O)CCCC(=O)O)C(C)C(C)C1C.CC(=O)OCC1OC(CC(=O)CCCC(=O)OC2C(=O)CCC2=O)C(C)C(C)C1C.CC(=O)OCC1OC(Cl)C(C)C(C)C1OC(C)=O.CC(=O)OCC1OC(N)C(C)C(C)C1OC(C)=O.CC(=O)OCC1OC(N=[N+]=[N-])C(C)C(C)C1OC(C)=O.O=C1CCCC(=O)O1.[N-]=[N+]=[N-].[Na+]. The zero-order valence-corrected chi connectivity index (χ0v) is 76.2. The van der Waals surface area contributed by atoms with E-state index in [2.05, 4.69) is 49.4 Å². The van der Waals surface area contributed by atoms with Gasteiger partial charge in [0.05, 0.1) is 24.4 Å². The molecule has 25 unspecified atom stereocenters. The summed E-state index contributed by atoms with van der Waals surface area (Å²) in [6, 6.07) is 0. The molecule has 0 bridgehead atoms. The second kappa shape index (κ2) is 59.9. The number of esters is 11. The Hall–Kier alpha value is -7.81. The Morgan fingerprint density at radius 1 is 0.418 bits per heavy atom. The molecule has 3 N–H and O–H groups in total. The standard InChI is InChI=1S/C22H32O8.C17H28O6.C12H19ClO5.C12H19N3O5.C12H21NO5.C5H6O3.CH4.N3.Na/c1-12-13(2)19(29-20(14(12)3)11-28-15(4)23)10-16(24)6-5-7-21(27)30-22-17(25)8-9-18(22)26;1-10-11(2)15(8-14(19)6-5-7-17(20)21)23-16(12(10)3)9-22-13(4)18;1-6-7(2)12(13)18-10(5-16-8(3)14)11(6)17-9(4)15;1-6-7(2)12(14-15-13)20-10(5-18-8(3)16)11(6)19-9(4)17;1-6-7(2)12(13)18-10(5-16-8(3)14)11(6)17-9(4)15;6-4-2-1-3-5(7)8-4;;1-3-2;/h12-14,19-20,22H,5-11H2,1-4H3;10-12,15-16H,5-9H2,1-4H3,(H,20,21);6-7,10-12H,5H2,1-4H3;6-7,10-12H,5H2,1-4H3;6-7,10-12H,5,13H2,1-4H3;1-3H2;1H4;;/q;;;;;;;-1;+1. The first-order valence-electron chi connectivity index (χ1n) is 40.2. The van der Waals surface area contributed by atoms with Gasteiger partial charge in [0.25, 0.3) is 0 Å². The van der Waals surface area contributed by atoms with E-state index >= 15 is 0 Å². The molecule has 122 heavy (non-hydrogen) atoms. The van der Waals surface area contributed by atoms with E-state index in [9.17, 15) is 76.7 Å². The predicted octanol–water partition coefficient (Wildman–Crippen LogP) is 7.33. The molecule has 39 nitrogen and oxygen atoms in total. The van der Waals surface area contributed by atoms with E-state index in [-0.39, 0.29) is 270 Å². The van der Waals surface area contributed by atoms with Crippen LogP contribution in [-0.4, -0.2) is 218 Å². The molecule has 6 heterocycles. The summed E-state index contributed by atoms with van der Waals surface area (Å²) < 4.78 is 78.6. The van der Waals surface area contributed by atoms with Gasteiger partial charge < -0.3 is 93.0 Å². The number of rotatable bonds is 27. The van der Waals surface area contributed by atoms with Crippen molar-refractivity contribution in [2.75, 3.05) is 33.0 Å². The zero-order valence-electron chi connectivity index (χ0n) is 73.5. The van der Waals surface area contributed by atoms with Crippen LogP contribution in [0.25, 0.3) is 26.4 Å². The van der Waals surface area contributed by atoms with Crippen molar-refractivity contribution in [2.45, 2.75) is 315 Å². The van der Waals surface area contributed by atoms with Gasteiger partial charge in [0, 0.05) is 154 Å². The van der Waals surface area contributed by atoms with Gasteiger partial charge in [-0.2, -0.15) is 0 Å². The molecule has 0 amide bonds. The minimum absolute atomic E-state index is 0. The average Bonchev–Trinajstić information content (AvgIpc) is 1.03. The van der Waals surface area contributed by atoms with Crippen LogP contribution in [0.1, 0.15) is 229 Å². The van der Waals surface area contributed by atoms with E-state index in [1.54, 1.807) is 0 Å². The van der Waals surface area contributed by atoms with Gasteiger partial charge in [-0.05, 0) is 66.2 Å². The molecule has 7 rings (SSSR count). The number of carbonyl (C=O) groups is 16. The summed E-state index contributed by atoms with van der Waals surface area (Å²) in [4.78, 5) is 183. The maximum absolute atomic E-state index is 12.4. The number of carboxylic acids is 1. The Morgan fingerprint density at radius 2 is 0.746 bits per heavy atom. The van der Waals surface area contributed by atoms with E-state index in [1.165, 1.54) is 60.3 Å². The van der Waals surface area contributed by atoms with Crippen molar-refractivity contribution in [1.29, 1.82) is 0 Å². The number of hydrogen-bond donors (Lipinski definition) is 2. The molecule has 41 heteroatoms. The van der Waals surface area contributed by atoms with Crippen LogP contribution in [0.4, 0.5) is 0 Å². The Bertz CT molecular complexity index is 3420. The second-order valence-electron chi connectivity index (χ2n) is 31.1. The second-order valence-corrected chi connectivity index (χ2v) is 31.5. The van der Waals surface area contributed by atoms with E-state index < -0.39 is 96.6 Å². The van der Waals surface area contributed by atoms with E-state index in [0.29, 0.717) is 37.5 Å². The van der Waals surface area contributed by atoms with Gasteiger partial charge >= 0.3 is 101 Å². The Morgan fingerprint density at radius 3 is 1.08 bits per heavy atom. The smallest absolute Gasteiger partial charge is 0.481 e. The molecule has 688 valence electrons. The summed E-state index contributed by atoms with van der Waals surface area (Å²) in [6.07, 6.45) is -3.20. The summed E-state index contributed by atoms with van der Waals surface area (Å²) in [6.45, 7) is 35.0. The Kier molecular flexibility index (Phi) is 57.1. The van der Waals surface area contributed by atoms with Gasteiger partial charge in [-0.25, -0.2) is 0 Å². The number of cyclic esters (lactones) is 2. The molecule has 0 spiro atoms. The van der Waals surface area contributed by atoms with E-state index in [4.69, 9.17) is 105 Å². The number of ketones is 4. The molecular formula is C81H129ClN7NaO32. The fraction of sp³-hybridized carbons (Fsp3) is 0.802. The fourth-order valence-corrected chi connectivity index (χ4v) is 14.2. The normalized spacial score (nSPS) is 30.5. The van der Waals surface area contributed by atoms with Crippen molar-refractivity contribution in [1.82, 2.24) is 0 Å². The number of carbonyl (C=O) groups excluding carboxylic acids is 15. The first kappa shape index (κ1) is 116. The minimum atomic E-state index is -1.26. The number of alkyl halides is 1. The molecule has 0 radical (unpaired) electrons. The fourth-order valence-electron chi connectivity index (χ4n) is 13.8. The molecule has 7 aliphatic rings. The van der Waals surface area contributed by atoms with Crippen LogP contribution in [0.15, 0.2) is 5.11 Å². The quantitative estimate of drug-likeness (QED) is 0.0119. The number of ether oxygens (including phenoxy) is 15. The van der Waals surface area contributed by atoms with Crippen LogP contribution in [0.3, 0.4) is 0 Å². The third-order valence-corrected chi connectivity index (χ3v) is 22.6. The van der Waals surface area contributed by atoms with Crippen molar-refractivity contribution in [3.63, 3.8) is 0 Å². The van der Waals surface area contributed by atoms with Crippen LogP contribution >= 0.6 is 11.6 Å². The molecule has 6 aliphatic heterocycles. The Labute approximate surface area is 740 Å². The van der Waals surface area contributed by atoms with Crippen molar-refractivity contribution in [2.24, 2.45) is 81.9 Å². The summed E-state index contributed by atoms with van der Waals surface area (Å²) >= 11 is 6.07. The largest absolute Gasteiger partial charge is 1.00 e. The summed E-state index contributed by atoms with van der Waals surface area (Å²) in [5.41, 5.74) is 27.4. The molecule has 0 aromatic rings. The molecule has 0 aromatic carbocycles. The number of azide groups is 1. The summed E-state index contributed by atoms with van der Waals surface area (Å²) in [5.74, 6) is -4.76. The van der Waals surface area contributed by atoms with Crippen LogP contribution in [0.5, 0.6) is 0 Å². The number of carboxylic acid groups (broad SMARTS) is 1.